The lowest BCUT2D eigenvalue weighted by Crippen LogP contribution is -2.27. The average molecular weight is 885 g/mol. The summed E-state index contributed by atoms with van der Waals surface area (Å²) in [6, 6.07) is 78.0. The van der Waals surface area contributed by atoms with E-state index in [2.05, 4.69) is 258 Å². The first-order chi connectivity index (χ1) is 33.7. The fourth-order valence-electron chi connectivity index (χ4n) is 12.3. The van der Waals surface area contributed by atoms with Gasteiger partial charge < -0.3 is 9.80 Å². The second-order valence-electron chi connectivity index (χ2n) is 19.5. The van der Waals surface area contributed by atoms with Crippen LogP contribution >= 0.6 is 0 Å². The second-order valence-corrected chi connectivity index (χ2v) is 19.5. The third kappa shape index (κ3) is 5.85. The van der Waals surface area contributed by atoms with Gasteiger partial charge in [-0.1, -0.05) is 140 Å². The number of rotatable bonds is 6. The van der Waals surface area contributed by atoms with Crippen LogP contribution in [0.5, 0.6) is 0 Å². The molecule has 0 saturated heterocycles. The first kappa shape index (κ1) is 41.0. The number of para-hydroxylation sites is 2. The standard InChI is InChI=1S/C67H52N2/c1-41-35-50(36-42(2)45(41)5)68(47-21-9-7-10-22-47)49-33-34-58-59(39-49)52-25-13-15-29-56(52)64-60-40-63(69(48-23-11-8-12-24-48)51-37-43(3)46(6)44(4)38-51)55-28-14-16-30-57(55)65(60)67(66(58)64)61-31-19-17-26-53(61)54-27-18-20-32-62(54)67/h7-40H,1-6H3. The fraction of sp³-hybridized carbons (Fsp3) is 0.104. The number of anilines is 6. The van der Waals surface area contributed by atoms with Crippen LogP contribution in [0.15, 0.2) is 206 Å². The van der Waals surface area contributed by atoms with Crippen LogP contribution < -0.4 is 9.80 Å². The zero-order valence-electron chi connectivity index (χ0n) is 40.0. The lowest BCUT2D eigenvalue weighted by molar-refractivity contribution is 0.809. The summed E-state index contributed by atoms with van der Waals surface area (Å²) in [5.41, 5.74) is 24.7. The van der Waals surface area contributed by atoms with E-state index < -0.39 is 5.41 Å². The minimum absolute atomic E-state index is 0.612. The maximum atomic E-state index is 2.55. The summed E-state index contributed by atoms with van der Waals surface area (Å²) < 4.78 is 0. The molecule has 0 saturated carbocycles. The third-order valence-electron chi connectivity index (χ3n) is 15.9. The normalized spacial score (nSPS) is 12.9. The number of nitrogens with zero attached hydrogens (tertiary/aromatic N) is 2. The number of aryl methyl sites for hydroxylation is 4. The zero-order valence-corrected chi connectivity index (χ0v) is 40.0. The number of hydrogen-bond acceptors (Lipinski definition) is 2. The summed E-state index contributed by atoms with van der Waals surface area (Å²) in [7, 11) is 0. The average Bonchev–Trinajstić information content (AvgIpc) is 3.86. The molecule has 69 heavy (non-hydrogen) atoms. The smallest absolute Gasteiger partial charge is 0.0737 e. The highest BCUT2D eigenvalue weighted by molar-refractivity contribution is 6.23. The molecular formula is C67H52N2. The number of hydrogen-bond donors (Lipinski definition) is 0. The molecule has 2 nitrogen and oxygen atoms in total. The van der Waals surface area contributed by atoms with Crippen molar-refractivity contribution in [2.75, 3.05) is 9.80 Å². The van der Waals surface area contributed by atoms with Crippen LogP contribution in [0.1, 0.15) is 55.6 Å². The molecule has 0 atom stereocenters. The number of fused-ring (bicyclic) bond motifs is 17. The molecule has 0 bridgehead atoms. The highest BCUT2D eigenvalue weighted by Crippen LogP contribution is 2.67. The van der Waals surface area contributed by atoms with E-state index in [0.29, 0.717) is 0 Å². The van der Waals surface area contributed by atoms with Gasteiger partial charge in [-0.3, -0.25) is 0 Å². The molecule has 2 aliphatic rings. The lowest BCUT2D eigenvalue weighted by atomic mass is 9.68. The summed E-state index contributed by atoms with van der Waals surface area (Å²) in [5, 5.41) is 7.53. The van der Waals surface area contributed by atoms with Gasteiger partial charge >= 0.3 is 0 Å². The molecule has 0 unspecified atom stereocenters. The van der Waals surface area contributed by atoms with E-state index in [1.165, 1.54) is 116 Å². The summed E-state index contributed by atoms with van der Waals surface area (Å²) in [6.07, 6.45) is 0. The number of benzene rings is 11. The topological polar surface area (TPSA) is 6.48 Å². The van der Waals surface area contributed by atoms with Gasteiger partial charge in [0.2, 0.25) is 0 Å². The molecule has 330 valence electrons. The Balaban J connectivity index is 1.19. The maximum Gasteiger partial charge on any atom is 0.0737 e. The fourth-order valence-corrected chi connectivity index (χ4v) is 12.3. The van der Waals surface area contributed by atoms with Gasteiger partial charge in [-0.2, -0.15) is 0 Å². The van der Waals surface area contributed by atoms with Crippen LogP contribution in [0, 0.1) is 41.5 Å². The van der Waals surface area contributed by atoms with Gasteiger partial charge in [0.05, 0.1) is 11.1 Å². The van der Waals surface area contributed by atoms with E-state index >= 15 is 0 Å². The van der Waals surface area contributed by atoms with Gasteiger partial charge in [0, 0.05) is 33.8 Å². The van der Waals surface area contributed by atoms with Crippen molar-refractivity contribution in [3.63, 3.8) is 0 Å². The van der Waals surface area contributed by atoms with Gasteiger partial charge in [-0.05, 0) is 213 Å². The highest BCUT2D eigenvalue weighted by Gasteiger charge is 2.54. The molecule has 13 rings (SSSR count). The maximum absolute atomic E-state index is 2.55. The Morgan fingerprint density at radius 1 is 0.290 bits per heavy atom. The van der Waals surface area contributed by atoms with Crippen molar-refractivity contribution in [1.29, 1.82) is 0 Å². The van der Waals surface area contributed by atoms with E-state index in [0.717, 1.165) is 28.4 Å². The van der Waals surface area contributed by atoms with Crippen molar-refractivity contribution in [2.45, 2.75) is 47.0 Å². The minimum atomic E-state index is -0.612. The Hall–Kier alpha value is -8.20. The van der Waals surface area contributed by atoms with Crippen molar-refractivity contribution >= 4 is 66.4 Å². The molecular weight excluding hydrogens is 833 g/mol. The summed E-state index contributed by atoms with van der Waals surface area (Å²) in [4.78, 5) is 4.95. The predicted molar refractivity (Wildman–Crippen MR) is 293 cm³/mol. The monoisotopic (exact) mass is 884 g/mol. The summed E-state index contributed by atoms with van der Waals surface area (Å²) in [5.74, 6) is 0. The van der Waals surface area contributed by atoms with Crippen LogP contribution in [-0.2, 0) is 5.41 Å². The molecule has 0 amide bonds. The molecule has 2 heteroatoms. The molecule has 0 radical (unpaired) electrons. The molecule has 0 N–H and O–H groups in total. The first-order valence-electron chi connectivity index (χ1n) is 24.3. The Bertz CT molecular complexity index is 3830. The Labute approximate surface area is 405 Å². The minimum Gasteiger partial charge on any atom is -0.310 e. The van der Waals surface area contributed by atoms with Gasteiger partial charge in [-0.25, -0.2) is 0 Å². The van der Waals surface area contributed by atoms with Crippen molar-refractivity contribution in [3.8, 4) is 22.3 Å². The van der Waals surface area contributed by atoms with Crippen LogP contribution in [-0.4, -0.2) is 0 Å². The van der Waals surface area contributed by atoms with Crippen LogP contribution in [0.4, 0.5) is 34.1 Å². The quantitative estimate of drug-likeness (QED) is 0.154. The molecule has 11 aromatic carbocycles. The molecule has 0 aromatic heterocycles. The van der Waals surface area contributed by atoms with Crippen LogP contribution in [0.25, 0.3) is 54.6 Å². The van der Waals surface area contributed by atoms with Gasteiger partial charge in [-0.15, -0.1) is 0 Å². The Morgan fingerprint density at radius 3 is 1.32 bits per heavy atom. The van der Waals surface area contributed by atoms with E-state index in [-0.39, 0.29) is 0 Å². The van der Waals surface area contributed by atoms with Crippen LogP contribution in [0.2, 0.25) is 0 Å². The van der Waals surface area contributed by atoms with Crippen LogP contribution in [0.3, 0.4) is 0 Å². The molecule has 2 aliphatic carbocycles. The highest BCUT2D eigenvalue weighted by atomic mass is 15.1. The summed E-state index contributed by atoms with van der Waals surface area (Å²) >= 11 is 0. The van der Waals surface area contributed by atoms with E-state index in [1.54, 1.807) is 0 Å². The Kier molecular flexibility index (Phi) is 9.17. The van der Waals surface area contributed by atoms with Crippen molar-refractivity contribution in [2.24, 2.45) is 0 Å². The molecule has 1 spiro atoms. The van der Waals surface area contributed by atoms with Gasteiger partial charge in [0.15, 0.2) is 0 Å². The second kappa shape index (κ2) is 15.4. The molecule has 11 aromatic rings. The first-order valence-corrected chi connectivity index (χ1v) is 24.3. The van der Waals surface area contributed by atoms with E-state index in [4.69, 9.17) is 0 Å². The Morgan fingerprint density at radius 2 is 0.739 bits per heavy atom. The largest absolute Gasteiger partial charge is 0.310 e. The molecule has 0 heterocycles. The predicted octanol–water partition coefficient (Wildman–Crippen LogP) is 18.3. The van der Waals surface area contributed by atoms with E-state index in [9.17, 15) is 0 Å². The zero-order chi connectivity index (χ0) is 46.7. The third-order valence-corrected chi connectivity index (χ3v) is 15.9. The lowest BCUT2D eigenvalue weighted by Gasteiger charge is -2.34. The summed E-state index contributed by atoms with van der Waals surface area (Å²) in [6.45, 7) is 13.4. The van der Waals surface area contributed by atoms with Crippen molar-refractivity contribution < 1.29 is 0 Å². The molecule has 0 fully saturated rings. The van der Waals surface area contributed by atoms with Crippen molar-refractivity contribution in [1.82, 2.24) is 0 Å². The SMILES string of the molecule is Cc1cc(N(c2ccccc2)c2ccc3c4c(c5ccccc5c3c2)-c2cc(N(c3ccccc3)c3cc(C)c(C)c(C)c3)c3ccccc3c2C42c3ccccc3-c3ccccc32)cc(C)c1C. The van der Waals surface area contributed by atoms with Crippen molar-refractivity contribution in [3.05, 3.63) is 262 Å². The van der Waals surface area contributed by atoms with E-state index in [1.807, 2.05) is 0 Å². The van der Waals surface area contributed by atoms with Gasteiger partial charge in [0.1, 0.15) is 0 Å². The van der Waals surface area contributed by atoms with Gasteiger partial charge in [0.25, 0.3) is 0 Å². The molecule has 0 aliphatic heterocycles.